The molecule has 2 amide bonds. The highest BCUT2D eigenvalue weighted by atomic mass is 16.6. The van der Waals surface area contributed by atoms with Crippen LogP contribution in [0, 0.1) is 0 Å². The summed E-state index contributed by atoms with van der Waals surface area (Å²) in [5, 5.41) is 8.51. The summed E-state index contributed by atoms with van der Waals surface area (Å²) < 4.78 is 5.02. The Morgan fingerprint density at radius 1 is 1.29 bits per heavy atom. The van der Waals surface area contributed by atoms with Crippen LogP contribution in [0.4, 0.5) is 9.59 Å². The highest BCUT2D eigenvalue weighted by Gasteiger charge is 2.22. The lowest BCUT2D eigenvalue weighted by Gasteiger charge is -2.23. The van der Waals surface area contributed by atoms with E-state index in [4.69, 9.17) is 9.84 Å². The first-order valence-corrected chi connectivity index (χ1v) is 4.78. The second-order valence-corrected chi connectivity index (χ2v) is 3.49. The number of carbonyl (C=O) groups is 2. The van der Waals surface area contributed by atoms with Gasteiger partial charge in [-0.25, -0.2) is 14.5 Å². The summed E-state index contributed by atoms with van der Waals surface area (Å²) in [5.74, 6) is 0. The van der Waals surface area contributed by atoms with Crippen molar-refractivity contribution in [1.82, 2.24) is 4.90 Å². The lowest BCUT2D eigenvalue weighted by Crippen LogP contribution is -2.35. The smallest absolute Gasteiger partial charge is 0.419 e. The average molecular weight is 201 g/mol. The molecular weight excluding hydrogens is 186 g/mol. The summed E-state index contributed by atoms with van der Waals surface area (Å²) in [4.78, 5) is 22.1. The Balaban J connectivity index is 2.35. The lowest BCUT2D eigenvalue weighted by atomic mass is 9.98. The molecule has 0 bridgehead atoms. The number of carboxylic acid groups (broad SMARTS) is 1. The number of rotatable bonds is 1. The summed E-state index contributed by atoms with van der Waals surface area (Å²) in [7, 11) is 1.19. The van der Waals surface area contributed by atoms with Crippen LogP contribution in [0.3, 0.4) is 0 Å². The number of amides is 2. The maximum Gasteiger partial charge on any atom is 0.419 e. The van der Waals surface area contributed by atoms with Gasteiger partial charge in [-0.3, -0.25) is 0 Å². The van der Waals surface area contributed by atoms with Gasteiger partial charge in [0.25, 0.3) is 0 Å². The highest BCUT2D eigenvalue weighted by Crippen LogP contribution is 2.20. The molecular formula is C9H15NO4. The maximum atomic E-state index is 11.2. The zero-order valence-corrected chi connectivity index (χ0v) is 8.23. The van der Waals surface area contributed by atoms with Crippen LogP contribution in [0.25, 0.3) is 0 Å². The van der Waals surface area contributed by atoms with E-state index in [1.54, 1.807) is 0 Å². The Bertz CT molecular complexity index is 223. The van der Waals surface area contributed by atoms with Gasteiger partial charge in [0.15, 0.2) is 0 Å². The highest BCUT2D eigenvalue weighted by molar-refractivity contribution is 5.86. The third kappa shape index (κ3) is 2.90. The molecule has 0 aliphatic heterocycles. The monoisotopic (exact) mass is 201 g/mol. The van der Waals surface area contributed by atoms with E-state index >= 15 is 0 Å². The zero-order valence-electron chi connectivity index (χ0n) is 8.23. The van der Waals surface area contributed by atoms with Crippen molar-refractivity contribution in [3.05, 3.63) is 0 Å². The van der Waals surface area contributed by atoms with Crippen molar-refractivity contribution in [2.45, 2.75) is 38.2 Å². The van der Waals surface area contributed by atoms with E-state index in [0.717, 1.165) is 25.7 Å². The molecule has 0 heterocycles. The molecule has 1 aliphatic carbocycles. The third-order valence-corrected chi connectivity index (χ3v) is 2.38. The number of ether oxygens (including phenoxy) is 1. The van der Waals surface area contributed by atoms with Gasteiger partial charge in [-0.05, 0) is 25.7 Å². The number of nitrogens with zero attached hydrogens (tertiary/aromatic N) is 1. The summed E-state index contributed by atoms with van der Waals surface area (Å²) >= 11 is 0. The van der Waals surface area contributed by atoms with Gasteiger partial charge in [0.2, 0.25) is 0 Å². The van der Waals surface area contributed by atoms with Crippen molar-refractivity contribution in [1.29, 1.82) is 0 Å². The molecule has 1 aliphatic rings. The molecule has 0 saturated heterocycles. The lowest BCUT2D eigenvalue weighted by molar-refractivity contribution is 0.0515. The topological polar surface area (TPSA) is 66.8 Å². The second-order valence-electron chi connectivity index (χ2n) is 3.49. The van der Waals surface area contributed by atoms with Crippen LogP contribution in [0.1, 0.15) is 32.1 Å². The Morgan fingerprint density at radius 3 is 2.36 bits per heavy atom. The molecule has 80 valence electrons. The van der Waals surface area contributed by atoms with E-state index in [9.17, 15) is 9.59 Å². The average Bonchev–Trinajstić information content (AvgIpc) is 2.18. The van der Waals surface area contributed by atoms with Crippen LogP contribution in [-0.4, -0.2) is 35.3 Å². The molecule has 0 aromatic heterocycles. The number of carbonyl (C=O) groups excluding carboxylic acids is 1. The Hall–Kier alpha value is -1.26. The SMILES string of the molecule is CN(C(=O)O)C(=O)OC1CCCCC1. The normalized spacial score (nSPS) is 17.5. The Kier molecular flexibility index (Phi) is 3.73. The van der Waals surface area contributed by atoms with Crippen molar-refractivity contribution in [3.8, 4) is 0 Å². The molecule has 14 heavy (non-hydrogen) atoms. The minimum Gasteiger partial charge on any atom is -0.465 e. The van der Waals surface area contributed by atoms with Crippen LogP contribution in [0.2, 0.25) is 0 Å². The minimum absolute atomic E-state index is 0.0990. The van der Waals surface area contributed by atoms with Crippen LogP contribution in [0.15, 0.2) is 0 Å². The van der Waals surface area contributed by atoms with Crippen LogP contribution in [-0.2, 0) is 4.74 Å². The van der Waals surface area contributed by atoms with E-state index < -0.39 is 12.2 Å². The number of imide groups is 1. The van der Waals surface area contributed by atoms with Crippen molar-refractivity contribution >= 4 is 12.2 Å². The summed E-state index contributed by atoms with van der Waals surface area (Å²) in [5.41, 5.74) is 0. The molecule has 0 radical (unpaired) electrons. The van der Waals surface area contributed by atoms with Gasteiger partial charge < -0.3 is 9.84 Å². The van der Waals surface area contributed by atoms with E-state index in [0.29, 0.717) is 4.90 Å². The fraction of sp³-hybridized carbons (Fsp3) is 0.778. The van der Waals surface area contributed by atoms with Gasteiger partial charge in [0.05, 0.1) is 0 Å². The fourth-order valence-electron chi connectivity index (χ4n) is 1.48. The molecule has 0 atom stereocenters. The second kappa shape index (κ2) is 4.83. The number of hydrogen-bond acceptors (Lipinski definition) is 3. The molecule has 0 spiro atoms. The predicted octanol–water partition coefficient (Wildman–Crippen LogP) is 2.07. The van der Waals surface area contributed by atoms with Gasteiger partial charge >= 0.3 is 12.2 Å². The van der Waals surface area contributed by atoms with Crippen LogP contribution in [0.5, 0.6) is 0 Å². The molecule has 0 aromatic rings. The number of hydrogen-bond donors (Lipinski definition) is 1. The minimum atomic E-state index is -1.29. The van der Waals surface area contributed by atoms with E-state index in [-0.39, 0.29) is 6.10 Å². The molecule has 1 saturated carbocycles. The van der Waals surface area contributed by atoms with Crippen molar-refractivity contribution in [3.63, 3.8) is 0 Å². The van der Waals surface area contributed by atoms with E-state index in [1.807, 2.05) is 0 Å². The molecule has 5 nitrogen and oxygen atoms in total. The van der Waals surface area contributed by atoms with Crippen LogP contribution < -0.4 is 0 Å². The standard InChI is InChI=1S/C9H15NO4/c1-10(8(11)12)9(13)14-7-5-3-2-4-6-7/h7H,2-6H2,1H3,(H,11,12). The quantitative estimate of drug-likeness (QED) is 0.705. The molecule has 1 rings (SSSR count). The molecule has 1 N–H and O–H groups in total. The van der Waals surface area contributed by atoms with E-state index in [1.165, 1.54) is 13.5 Å². The van der Waals surface area contributed by atoms with E-state index in [2.05, 4.69) is 0 Å². The van der Waals surface area contributed by atoms with Gasteiger partial charge in [-0.1, -0.05) is 6.42 Å². The molecule has 5 heteroatoms. The molecule has 0 unspecified atom stereocenters. The first-order valence-electron chi connectivity index (χ1n) is 4.78. The largest absolute Gasteiger partial charge is 0.465 e. The molecule has 1 fully saturated rings. The first-order chi connectivity index (χ1) is 6.61. The van der Waals surface area contributed by atoms with Gasteiger partial charge in [-0.2, -0.15) is 0 Å². The zero-order chi connectivity index (χ0) is 10.6. The van der Waals surface area contributed by atoms with Crippen LogP contribution >= 0.6 is 0 Å². The van der Waals surface area contributed by atoms with Gasteiger partial charge in [0.1, 0.15) is 6.10 Å². The summed E-state index contributed by atoms with van der Waals surface area (Å²) in [6, 6.07) is 0. The van der Waals surface area contributed by atoms with Gasteiger partial charge in [0, 0.05) is 7.05 Å². The first kappa shape index (κ1) is 10.8. The van der Waals surface area contributed by atoms with Crippen molar-refractivity contribution in [2.75, 3.05) is 7.05 Å². The molecule has 0 aromatic carbocycles. The fourth-order valence-corrected chi connectivity index (χ4v) is 1.48. The van der Waals surface area contributed by atoms with Crippen molar-refractivity contribution in [2.24, 2.45) is 0 Å². The maximum absolute atomic E-state index is 11.2. The third-order valence-electron chi connectivity index (χ3n) is 2.38. The summed E-state index contributed by atoms with van der Waals surface area (Å²) in [6.45, 7) is 0. The van der Waals surface area contributed by atoms with Gasteiger partial charge in [-0.15, -0.1) is 0 Å². The Labute approximate surface area is 82.6 Å². The predicted molar refractivity (Wildman–Crippen MR) is 49.1 cm³/mol. The summed E-state index contributed by atoms with van der Waals surface area (Å²) in [6.07, 6.45) is 2.80. The Morgan fingerprint density at radius 2 is 1.86 bits per heavy atom. The van der Waals surface area contributed by atoms with Crippen molar-refractivity contribution < 1.29 is 19.4 Å².